The molecule has 0 aromatic heterocycles. The van der Waals surface area contributed by atoms with E-state index in [-0.39, 0.29) is 46.7 Å². The van der Waals surface area contributed by atoms with E-state index in [0.29, 0.717) is 0 Å². The summed E-state index contributed by atoms with van der Waals surface area (Å²) >= 11 is 0. The van der Waals surface area contributed by atoms with E-state index in [4.69, 9.17) is 5.11 Å². The van der Waals surface area contributed by atoms with Gasteiger partial charge in [-0.15, -0.1) is 5.41 Å². The van der Waals surface area contributed by atoms with Crippen LogP contribution < -0.4 is 0 Å². The van der Waals surface area contributed by atoms with Crippen LogP contribution >= 0.6 is 0 Å². The standard InChI is InChI=1S/C8H17O.Pr/c1-4-5-6-8(2,3)7-9;/h7,9H,4-6H2,1-3H3;/q-1;. The van der Waals surface area contributed by atoms with Crippen molar-refractivity contribution in [1.82, 2.24) is 0 Å². The molecule has 2 heteroatoms. The van der Waals surface area contributed by atoms with Crippen molar-refractivity contribution in [3.63, 3.8) is 0 Å². The fourth-order valence-electron chi connectivity index (χ4n) is 0.697. The maximum absolute atomic E-state index is 8.70. The molecule has 0 aliphatic carbocycles. The summed E-state index contributed by atoms with van der Waals surface area (Å²) in [6, 6.07) is 0. The van der Waals surface area contributed by atoms with Gasteiger partial charge in [-0.25, -0.2) is 6.61 Å². The number of hydrogen-bond donors (Lipinski definition) is 1. The Hall–Kier alpha value is 1.32. The van der Waals surface area contributed by atoms with Gasteiger partial charge in [0.1, 0.15) is 0 Å². The molecular formula is C8H17OPr-. The Morgan fingerprint density at radius 1 is 1.40 bits per heavy atom. The van der Waals surface area contributed by atoms with Crippen molar-refractivity contribution in [1.29, 1.82) is 0 Å². The number of aliphatic hydroxyl groups is 1. The zero-order valence-corrected chi connectivity index (χ0v) is 10.9. The zero-order valence-electron chi connectivity index (χ0n) is 7.22. The summed E-state index contributed by atoms with van der Waals surface area (Å²) in [5.74, 6) is 0. The summed E-state index contributed by atoms with van der Waals surface area (Å²) in [6.45, 7) is 7.54. The molecule has 0 amide bonds. The van der Waals surface area contributed by atoms with E-state index in [1.807, 2.05) is 13.8 Å². The normalized spacial score (nSPS) is 10.8. The van der Waals surface area contributed by atoms with Crippen LogP contribution in [0.4, 0.5) is 0 Å². The molecule has 0 spiro atoms. The number of rotatable bonds is 4. The molecule has 1 radical (unpaired) electrons. The van der Waals surface area contributed by atoms with Crippen molar-refractivity contribution >= 4 is 0 Å². The van der Waals surface area contributed by atoms with E-state index >= 15 is 0 Å². The van der Waals surface area contributed by atoms with Crippen LogP contribution in [0, 0.1) is 53.3 Å². The summed E-state index contributed by atoms with van der Waals surface area (Å²) in [4.78, 5) is 0. The number of hydrogen-bond acceptors (Lipinski definition) is 1. The van der Waals surface area contributed by atoms with Crippen molar-refractivity contribution in [2.24, 2.45) is 5.41 Å². The minimum absolute atomic E-state index is 0. The monoisotopic (exact) mass is 270 g/mol. The first-order chi connectivity index (χ1) is 4.12. The van der Waals surface area contributed by atoms with Crippen LogP contribution in [-0.2, 0) is 0 Å². The fourth-order valence-corrected chi connectivity index (χ4v) is 0.697. The first kappa shape index (κ1) is 13.9. The molecular weight excluding hydrogens is 253 g/mol. The van der Waals surface area contributed by atoms with E-state index in [9.17, 15) is 0 Å². The number of unbranched alkanes of at least 4 members (excludes halogenated alkanes) is 1. The fraction of sp³-hybridized carbons (Fsp3) is 0.875. The van der Waals surface area contributed by atoms with Crippen LogP contribution in [0.1, 0.15) is 40.0 Å². The van der Waals surface area contributed by atoms with Gasteiger partial charge in [0.15, 0.2) is 0 Å². The third-order valence-corrected chi connectivity index (χ3v) is 1.52. The SMILES string of the molecule is CCCCC(C)(C)[CH-]O.[Pr]. The van der Waals surface area contributed by atoms with Gasteiger partial charge in [-0.1, -0.05) is 40.0 Å². The molecule has 1 N–H and O–H groups in total. The van der Waals surface area contributed by atoms with Gasteiger partial charge in [-0.05, 0) is 0 Å². The first-order valence-electron chi connectivity index (χ1n) is 3.61. The molecule has 0 fully saturated rings. The Balaban J connectivity index is 0. The molecule has 10 heavy (non-hydrogen) atoms. The molecule has 0 saturated carbocycles. The summed E-state index contributed by atoms with van der Waals surface area (Å²) in [5, 5.41) is 8.70. The second kappa shape index (κ2) is 7.00. The first-order valence-corrected chi connectivity index (χ1v) is 3.61. The summed E-state index contributed by atoms with van der Waals surface area (Å²) in [5.41, 5.74) is 0.0238. The van der Waals surface area contributed by atoms with Crippen molar-refractivity contribution < 1.29 is 46.4 Å². The zero-order chi connectivity index (χ0) is 7.33. The minimum atomic E-state index is 0. The molecule has 59 valence electrons. The van der Waals surface area contributed by atoms with Crippen LogP contribution in [0.5, 0.6) is 0 Å². The van der Waals surface area contributed by atoms with Crippen molar-refractivity contribution in [3.8, 4) is 0 Å². The maximum atomic E-state index is 8.70. The Morgan fingerprint density at radius 2 is 1.90 bits per heavy atom. The molecule has 0 heterocycles. The summed E-state index contributed by atoms with van der Waals surface area (Å²) < 4.78 is 0. The third kappa shape index (κ3) is 7.43. The number of aliphatic hydroxyl groups excluding tert-OH is 1. The van der Waals surface area contributed by atoms with Crippen LogP contribution in [0.3, 0.4) is 0 Å². The van der Waals surface area contributed by atoms with Gasteiger partial charge in [-0.3, -0.25) is 0 Å². The second-order valence-corrected chi connectivity index (χ2v) is 3.22. The van der Waals surface area contributed by atoms with Gasteiger partial charge < -0.3 is 5.11 Å². The average Bonchev–Trinajstić information content (AvgIpc) is 1.84. The van der Waals surface area contributed by atoms with Gasteiger partial charge in [0.25, 0.3) is 0 Å². The van der Waals surface area contributed by atoms with E-state index < -0.39 is 0 Å². The Kier molecular flexibility index (Phi) is 9.72. The molecule has 0 unspecified atom stereocenters. The van der Waals surface area contributed by atoms with Crippen molar-refractivity contribution in [3.05, 3.63) is 6.61 Å². The van der Waals surface area contributed by atoms with Crippen molar-refractivity contribution in [2.75, 3.05) is 0 Å². The van der Waals surface area contributed by atoms with E-state index in [2.05, 4.69) is 6.92 Å². The molecule has 0 saturated heterocycles. The third-order valence-electron chi connectivity index (χ3n) is 1.52. The predicted octanol–water partition coefficient (Wildman–Crippen LogP) is 2.74. The van der Waals surface area contributed by atoms with Gasteiger partial charge >= 0.3 is 0 Å². The van der Waals surface area contributed by atoms with Crippen LogP contribution in [-0.4, -0.2) is 5.11 Å². The molecule has 0 bridgehead atoms. The molecule has 0 rings (SSSR count). The summed E-state index contributed by atoms with van der Waals surface area (Å²) in [6.07, 6.45) is 3.49. The Morgan fingerprint density at radius 3 is 2.20 bits per heavy atom. The minimum Gasteiger partial charge on any atom is -0.565 e. The van der Waals surface area contributed by atoms with Crippen LogP contribution in [0.2, 0.25) is 0 Å². The maximum Gasteiger partial charge on any atom is 0 e. The molecule has 0 aliphatic heterocycles. The van der Waals surface area contributed by atoms with E-state index in [0.717, 1.165) is 6.42 Å². The van der Waals surface area contributed by atoms with Gasteiger partial charge in [0.2, 0.25) is 0 Å². The van der Waals surface area contributed by atoms with Gasteiger partial charge in [0.05, 0.1) is 0 Å². The molecule has 0 aliphatic rings. The molecule has 0 atom stereocenters. The molecule has 0 aromatic carbocycles. The largest absolute Gasteiger partial charge is 0.565 e. The predicted molar refractivity (Wildman–Crippen MR) is 39.5 cm³/mol. The van der Waals surface area contributed by atoms with Crippen molar-refractivity contribution in [2.45, 2.75) is 40.0 Å². The Labute approximate surface area is 97.5 Å². The second-order valence-electron chi connectivity index (χ2n) is 3.22. The quantitative estimate of drug-likeness (QED) is 0.779. The van der Waals surface area contributed by atoms with Crippen LogP contribution in [0.15, 0.2) is 0 Å². The van der Waals surface area contributed by atoms with E-state index in [1.165, 1.54) is 19.4 Å². The summed E-state index contributed by atoms with van der Waals surface area (Å²) in [7, 11) is 0. The molecule has 1 nitrogen and oxygen atoms in total. The van der Waals surface area contributed by atoms with Crippen LogP contribution in [0.25, 0.3) is 0 Å². The van der Waals surface area contributed by atoms with Gasteiger partial charge in [0, 0.05) is 41.3 Å². The topological polar surface area (TPSA) is 20.2 Å². The Bertz CT molecular complexity index is 71.7. The molecule has 0 aromatic rings. The smallest absolute Gasteiger partial charge is 0 e. The van der Waals surface area contributed by atoms with E-state index in [1.54, 1.807) is 0 Å². The van der Waals surface area contributed by atoms with Gasteiger partial charge in [-0.2, -0.15) is 0 Å². The average molecular weight is 270 g/mol.